The normalized spacial score (nSPS) is 38.7. The summed E-state index contributed by atoms with van der Waals surface area (Å²) in [5.41, 5.74) is 1.44. The van der Waals surface area contributed by atoms with Gasteiger partial charge in [-0.2, -0.15) is 0 Å². The number of methoxy groups -OCH3 is 1. The first-order chi connectivity index (χ1) is 43.6. The summed E-state index contributed by atoms with van der Waals surface area (Å²) in [6, 6.07) is 0. The zero-order valence-corrected chi connectivity index (χ0v) is 57.9. The van der Waals surface area contributed by atoms with E-state index in [1.807, 2.05) is 78.8 Å². The average molecular weight is 1300 g/mol. The molecule has 18 nitrogen and oxygen atoms in total. The van der Waals surface area contributed by atoms with Gasteiger partial charge in [-0.15, -0.1) is 0 Å². The Labute approximate surface area is 551 Å². The quantitative estimate of drug-likeness (QED) is 0.0612. The molecule has 2 fully saturated rings. The topological polar surface area (TPSA) is 281 Å². The molecule has 18 heteroatoms. The van der Waals surface area contributed by atoms with Crippen molar-refractivity contribution < 1.29 is 88.7 Å². The van der Waals surface area contributed by atoms with Gasteiger partial charge >= 0.3 is 11.9 Å². The van der Waals surface area contributed by atoms with Gasteiger partial charge < -0.3 is 79.1 Å². The van der Waals surface area contributed by atoms with E-state index in [1.165, 1.54) is 12.2 Å². The van der Waals surface area contributed by atoms with Gasteiger partial charge in [-0.25, -0.2) is 9.59 Å². The van der Waals surface area contributed by atoms with Gasteiger partial charge in [-0.05, 0) is 155 Å². The molecule has 27 unspecified atom stereocenters. The number of carbonyl (C=O) groups excluding carboxylic acids is 2. The Morgan fingerprint density at radius 3 is 1.73 bits per heavy atom. The molecule has 0 aliphatic carbocycles. The van der Waals surface area contributed by atoms with E-state index >= 15 is 0 Å². The molecule has 0 spiro atoms. The maximum atomic E-state index is 13.7. The molecule has 0 radical (unpaired) electrons. The van der Waals surface area contributed by atoms with Crippen LogP contribution in [-0.2, 0) is 42.7 Å². The number of allylic oxidation sites excluding steroid dienone is 4. The first-order valence-corrected chi connectivity index (χ1v) is 35.3. The molecule has 5 aliphatic rings. The van der Waals surface area contributed by atoms with Crippen molar-refractivity contribution in [1.82, 2.24) is 0 Å². The van der Waals surface area contributed by atoms with E-state index in [4.69, 9.17) is 33.2 Å². The van der Waals surface area contributed by atoms with Crippen LogP contribution in [0.1, 0.15) is 211 Å². The molecule has 92 heavy (non-hydrogen) atoms. The van der Waals surface area contributed by atoms with Crippen molar-refractivity contribution >= 4 is 11.9 Å². The van der Waals surface area contributed by atoms with E-state index < -0.39 is 115 Å². The van der Waals surface area contributed by atoms with Gasteiger partial charge in [-0.1, -0.05) is 108 Å². The van der Waals surface area contributed by atoms with Crippen LogP contribution in [0.25, 0.3) is 0 Å². The summed E-state index contributed by atoms with van der Waals surface area (Å²) < 4.78 is 43.4. The summed E-state index contributed by atoms with van der Waals surface area (Å²) in [7, 11) is 1.57. The Kier molecular flexibility index (Phi) is 35.0. The van der Waals surface area contributed by atoms with E-state index in [0.29, 0.717) is 89.0 Å². The second-order valence-corrected chi connectivity index (χ2v) is 29.0. The van der Waals surface area contributed by atoms with Crippen LogP contribution < -0.4 is 0 Å². The summed E-state index contributed by atoms with van der Waals surface area (Å²) in [6.45, 7) is 20.7. The van der Waals surface area contributed by atoms with Crippen LogP contribution in [0.3, 0.4) is 0 Å². The second-order valence-electron chi connectivity index (χ2n) is 29.0. The van der Waals surface area contributed by atoms with Gasteiger partial charge in [0.1, 0.15) is 12.2 Å². The molecule has 4 bridgehead atoms. The molecule has 5 aliphatic heterocycles. The fourth-order valence-electron chi connectivity index (χ4n) is 14.3. The number of aliphatic hydroxyl groups is 9. The van der Waals surface area contributed by atoms with Crippen LogP contribution in [0.15, 0.2) is 71.9 Å². The lowest BCUT2D eigenvalue weighted by Crippen LogP contribution is -2.44. The van der Waals surface area contributed by atoms with Crippen LogP contribution in [0.2, 0.25) is 0 Å². The van der Waals surface area contributed by atoms with Crippen molar-refractivity contribution in [3.8, 4) is 0 Å². The maximum absolute atomic E-state index is 13.7. The van der Waals surface area contributed by atoms with Crippen molar-refractivity contribution in [1.29, 1.82) is 0 Å². The summed E-state index contributed by atoms with van der Waals surface area (Å²) >= 11 is 0. The lowest BCUT2D eigenvalue weighted by atomic mass is 9.79. The Morgan fingerprint density at radius 2 is 1.12 bits per heavy atom. The van der Waals surface area contributed by atoms with E-state index in [9.17, 15) is 55.5 Å². The molecule has 528 valence electrons. The van der Waals surface area contributed by atoms with Crippen molar-refractivity contribution in [2.45, 2.75) is 333 Å². The van der Waals surface area contributed by atoms with Gasteiger partial charge in [0.2, 0.25) is 0 Å². The highest BCUT2D eigenvalue weighted by Crippen LogP contribution is 2.35. The zero-order valence-electron chi connectivity index (χ0n) is 57.9. The Morgan fingerprint density at radius 1 is 0.543 bits per heavy atom. The number of rotatable bonds is 13. The summed E-state index contributed by atoms with van der Waals surface area (Å²) in [5, 5.41) is 103. The molecule has 0 saturated carbocycles. The largest absolute Gasteiger partial charge is 0.459 e. The van der Waals surface area contributed by atoms with E-state index in [0.717, 1.165) is 31.3 Å². The van der Waals surface area contributed by atoms with Gasteiger partial charge in [0.15, 0.2) is 0 Å². The third kappa shape index (κ3) is 27.7. The minimum Gasteiger partial charge on any atom is -0.459 e. The molecule has 5 rings (SSSR count). The number of fused-ring (bicyclic) bond motifs is 4. The lowest BCUT2D eigenvalue weighted by molar-refractivity contribution is -0.155. The minimum absolute atomic E-state index is 0.0244. The van der Waals surface area contributed by atoms with Crippen LogP contribution in [-0.4, -0.2) is 187 Å². The Bertz CT molecular complexity index is 2310. The molecular formula is C74H124O18. The number of aliphatic hydroxyl groups excluding tert-OH is 9. The highest BCUT2D eigenvalue weighted by atomic mass is 16.6. The smallest absolute Gasteiger partial charge is 0.331 e. The zero-order chi connectivity index (χ0) is 67.8. The highest BCUT2D eigenvalue weighted by Gasteiger charge is 2.40. The number of carbonyl (C=O) groups is 2. The first-order valence-electron chi connectivity index (χ1n) is 35.3. The van der Waals surface area contributed by atoms with Crippen LogP contribution in [0, 0.1) is 41.4 Å². The number of hydrogen-bond acceptors (Lipinski definition) is 18. The Hall–Kier alpha value is -3.18. The third-order valence-electron chi connectivity index (χ3n) is 20.7. The van der Waals surface area contributed by atoms with E-state index in [2.05, 4.69) is 13.0 Å². The number of ether oxygens (including phenoxy) is 7. The standard InChI is InChI=1S/C74H124O18/c1-44-22-30-56(76)38-62-20-15-21-63(90-62)42-65(86-12)40-58(78)41-67(80)51(8)72(84)54(11)74(48(5)28-32-59-17-13-16-49(6)87-59)92-70(82)35-25-45(2)23-29-55(75)37-61-19-14-18-60(89-61)31-26-46(3)66(79)43-68(91-69(81)34-24-44)52(9)73(85)53(10)71(83)47(4)27-33-64-39-57(77)36-50(7)88-64/h14-15,19-20,22-25,34-35,46-68,71-80,83-85H,13,16-18,21,26-33,36-43H2,1-12H3. The maximum Gasteiger partial charge on any atom is 0.331 e. The van der Waals surface area contributed by atoms with Crippen LogP contribution >= 0.6 is 0 Å². The first kappa shape index (κ1) is 79.5. The predicted octanol–water partition coefficient (Wildman–Crippen LogP) is 9.96. The van der Waals surface area contributed by atoms with Gasteiger partial charge in [0.25, 0.3) is 0 Å². The number of cyclic esters (lactones) is 2. The molecule has 2 saturated heterocycles. The third-order valence-corrected chi connectivity index (χ3v) is 20.7. The molecule has 0 aromatic rings. The summed E-state index contributed by atoms with van der Waals surface area (Å²) in [5.74, 6) is -4.51. The fourth-order valence-corrected chi connectivity index (χ4v) is 14.3. The summed E-state index contributed by atoms with van der Waals surface area (Å²) in [6.07, 6.45) is 17.6. The van der Waals surface area contributed by atoms with Gasteiger partial charge in [-0.3, -0.25) is 0 Å². The molecule has 0 aromatic carbocycles. The van der Waals surface area contributed by atoms with Gasteiger partial charge in [0, 0.05) is 68.6 Å². The van der Waals surface area contributed by atoms with Crippen LogP contribution in [0.4, 0.5) is 0 Å². The highest BCUT2D eigenvalue weighted by molar-refractivity contribution is 5.83. The fraction of sp³-hybridized carbons (Fsp3) is 0.811. The van der Waals surface area contributed by atoms with Gasteiger partial charge in [0.05, 0.1) is 110 Å². The molecule has 0 aromatic heterocycles. The molecular weight excluding hydrogens is 1180 g/mol. The van der Waals surface area contributed by atoms with Crippen molar-refractivity contribution in [3.63, 3.8) is 0 Å². The van der Waals surface area contributed by atoms with E-state index in [-0.39, 0.29) is 86.2 Å². The van der Waals surface area contributed by atoms with Crippen molar-refractivity contribution in [3.05, 3.63) is 71.9 Å². The average Bonchev–Trinajstić information content (AvgIpc) is 1.92. The van der Waals surface area contributed by atoms with Crippen molar-refractivity contribution in [2.75, 3.05) is 7.11 Å². The summed E-state index contributed by atoms with van der Waals surface area (Å²) in [4.78, 5) is 27.4. The molecule has 9 N–H and O–H groups in total. The van der Waals surface area contributed by atoms with Crippen LogP contribution in [0.5, 0.6) is 0 Å². The molecule has 0 amide bonds. The lowest BCUT2D eigenvalue weighted by Gasteiger charge is -2.37. The molecule has 5 heterocycles. The Balaban J connectivity index is 1.32. The number of hydrogen-bond donors (Lipinski definition) is 9. The SMILES string of the molecule is COC1CC(O)CC(O)C(C)C(O)C(C)C(C(C)CCC2CCCC(C)O2)OC(=O)C=CC(C)=CCC(O)CC2C=CCC(CCC(C)C(O)CC(C(C)C(O)C(C)C(O)C(C)CCC3CC(O)CC(C)O3)OC(=O)C=CC(C)=CCC(O)CC3C=CCC(C1)O3)O2. The monoisotopic (exact) mass is 1300 g/mol. The van der Waals surface area contributed by atoms with E-state index in [1.54, 1.807) is 40.0 Å². The number of esters is 2. The minimum atomic E-state index is -1.11. The molecule has 27 atom stereocenters. The second kappa shape index (κ2) is 40.5. The van der Waals surface area contributed by atoms with Crippen molar-refractivity contribution in [2.24, 2.45) is 41.4 Å². The predicted molar refractivity (Wildman–Crippen MR) is 356 cm³/mol.